The van der Waals surface area contributed by atoms with Gasteiger partial charge in [0.15, 0.2) is 0 Å². The van der Waals surface area contributed by atoms with E-state index in [1.165, 1.54) is 78.3 Å². The van der Waals surface area contributed by atoms with Crippen LogP contribution in [0.15, 0.2) is 35.2 Å². The molecule has 3 radical (unpaired) electrons. The third-order valence-electron chi connectivity index (χ3n) is 0.858. The molecule has 0 amide bonds. The Morgan fingerprint density at radius 2 is 0.789 bits per heavy atom. The van der Waals surface area contributed by atoms with Gasteiger partial charge in [0, 0.05) is 116 Å². The molecule has 0 fully saturated rings. The number of hydrogen-bond donors (Lipinski definition) is 6. The van der Waals surface area contributed by atoms with Gasteiger partial charge in [-0.15, -0.1) is 0 Å². The quantitative estimate of drug-likeness (QED) is 0.0330. The number of nitrogens with two attached hydrogens (primary N) is 2. The van der Waals surface area contributed by atoms with Crippen LogP contribution in [0.5, 0.6) is 0 Å². The molecule has 0 heterocycles. The first-order chi connectivity index (χ1) is 14.5. The number of hydrogen-bond acceptors (Lipinski definition) is 13. The van der Waals surface area contributed by atoms with Gasteiger partial charge in [0.1, 0.15) is 0 Å². The Kier molecular flexibility index (Phi) is 326. The van der Waals surface area contributed by atoms with Crippen LogP contribution < -0.4 is 11.5 Å². The minimum Gasteiger partial charge on any atom is -0.405 e. The molecule has 0 aromatic carbocycles. The van der Waals surface area contributed by atoms with Crippen molar-refractivity contribution in [2.45, 2.75) is 37.1 Å². The summed E-state index contributed by atoms with van der Waals surface area (Å²) in [5.41, 5.74) is 12.9. The van der Waals surface area contributed by atoms with Gasteiger partial charge in [-0.25, -0.2) is 0 Å². The van der Waals surface area contributed by atoms with Gasteiger partial charge in [0.05, 0.1) is 16.6 Å². The van der Waals surface area contributed by atoms with E-state index >= 15 is 0 Å². The molecule has 17 heteroatoms. The Hall–Kier alpha value is 3.09. The van der Waals surface area contributed by atoms with Gasteiger partial charge < -0.3 is 33.1 Å². The van der Waals surface area contributed by atoms with Crippen LogP contribution in [0, 0.1) is 21.6 Å². The van der Waals surface area contributed by atoms with Gasteiger partial charge in [-0.3, -0.25) is 0 Å². The van der Waals surface area contributed by atoms with Gasteiger partial charge in [0.25, 0.3) is 0 Å². The van der Waals surface area contributed by atoms with Crippen molar-refractivity contribution in [1.82, 2.24) is 0 Å². The smallest absolute Gasteiger partial charge is 0.0618 e. The molecule has 0 aliphatic rings. The first kappa shape index (κ1) is 90.0. The number of thioether (sulfide) groups is 2. The van der Waals surface area contributed by atoms with Crippen LogP contribution in [0.3, 0.4) is 0 Å². The maximum Gasteiger partial charge on any atom is 0.0618 e. The molecule has 0 aliphatic heterocycles. The maximum atomic E-state index is 6.63. The zero-order valence-corrected chi connectivity index (χ0v) is 34.1. The fraction of sp³-hybridized carbons (Fsp3) is 0.429. The van der Waals surface area contributed by atoms with Crippen LogP contribution in [0.4, 0.5) is 0 Å². The molecule has 38 heavy (non-hydrogen) atoms. The summed E-state index contributed by atoms with van der Waals surface area (Å²) in [4.78, 5) is 0. The summed E-state index contributed by atoms with van der Waals surface area (Å²) < 4.78 is 0. The largest absolute Gasteiger partial charge is 0.405 e. The van der Waals surface area contributed by atoms with E-state index in [1.54, 1.807) is 41.8 Å². The summed E-state index contributed by atoms with van der Waals surface area (Å²) in [6.07, 6.45) is 16.9. The second kappa shape index (κ2) is 138. The van der Waals surface area contributed by atoms with Crippen molar-refractivity contribution in [2.24, 2.45) is 11.5 Å². The second-order valence-corrected chi connectivity index (χ2v) is 9.36. The third-order valence-corrected chi connectivity index (χ3v) is 3.88. The van der Waals surface area contributed by atoms with Crippen molar-refractivity contribution in [3.63, 3.8) is 0 Å². The first-order valence-corrected chi connectivity index (χ1v) is 16.0. The molecule has 0 saturated carbocycles. The van der Waals surface area contributed by atoms with Crippen LogP contribution in [0.1, 0.15) is 37.1 Å². The Morgan fingerprint density at radius 3 is 0.895 bits per heavy atom. The molecule has 0 aromatic rings. The zero-order chi connectivity index (χ0) is 24.7. The summed E-state index contributed by atoms with van der Waals surface area (Å²) in [5, 5.41) is 31.2. The average Bonchev–Trinajstić information content (AvgIpc) is 2.72. The van der Waals surface area contributed by atoms with E-state index in [-0.39, 0.29) is 135 Å². The Labute approximate surface area is 348 Å². The van der Waals surface area contributed by atoms with E-state index in [0.717, 1.165) is 5.49 Å². The van der Waals surface area contributed by atoms with Crippen molar-refractivity contribution in [3.05, 3.63) is 35.2 Å². The predicted octanol–water partition coefficient (Wildman–Crippen LogP) is 9.77. The fourth-order valence-corrected chi connectivity index (χ4v) is 2.03. The Balaban J connectivity index is -0.0000000154. The van der Waals surface area contributed by atoms with Crippen LogP contribution >= 0.6 is 91.1 Å². The van der Waals surface area contributed by atoms with E-state index in [4.69, 9.17) is 27.4 Å². The van der Waals surface area contributed by atoms with Crippen LogP contribution in [0.2, 0.25) is 0 Å². The van der Waals surface area contributed by atoms with Crippen molar-refractivity contribution < 1.29 is 98.1 Å². The van der Waals surface area contributed by atoms with Crippen LogP contribution in [-0.4, -0.2) is 59.4 Å². The first-order valence-electron chi connectivity index (χ1n) is 7.20. The summed E-state index contributed by atoms with van der Waals surface area (Å²) in [7, 11) is 5.47. The molecule has 6 nitrogen and oxygen atoms in total. The predicted molar refractivity (Wildman–Crippen MR) is 201 cm³/mol. The van der Waals surface area contributed by atoms with Crippen LogP contribution in [0.25, 0.3) is 0 Å². The van der Waals surface area contributed by atoms with E-state index in [2.05, 4.69) is 30.2 Å². The van der Waals surface area contributed by atoms with Gasteiger partial charge in [-0.2, -0.15) is 23.5 Å². The van der Waals surface area contributed by atoms with E-state index < -0.39 is 0 Å². The van der Waals surface area contributed by atoms with E-state index in [0.29, 0.717) is 0 Å². The molecule has 0 bridgehead atoms. The molecule has 8 N–H and O–H groups in total. The summed E-state index contributed by atoms with van der Waals surface area (Å²) in [6.45, 7) is 0. The molecular formula is C21H52N6S8Y3. The van der Waals surface area contributed by atoms with E-state index in [9.17, 15) is 0 Å². The molecule has 0 saturated heterocycles. The van der Waals surface area contributed by atoms with Gasteiger partial charge in [0.2, 0.25) is 0 Å². The maximum absolute atomic E-state index is 6.63. The standard InChI is InChI=1S/C6H8N2S2.C3H5NS.C2H4N2S2.2C2H6S.CH3NS.5CH4.3Y/c7-3-1-5-9-10-6-2-4-8;4-2-1-3-5;3-1-5-6-2-4;2*1-3-2;2-1-3;;;;;;;;/h1-8H;1-3H,4H2;1-4H;2*1-2H3;1H,(H2,2,3);5*1H4;;;/b5-1+,6-2+,7-3?,8-4?;2-1-;;;;;;;;;;;;. The van der Waals surface area contributed by atoms with Crippen molar-refractivity contribution in [3.8, 4) is 0 Å². The normalized spacial score (nSPS) is 6.42. The monoisotopic (exact) mass is 911 g/mol. The van der Waals surface area contributed by atoms with Gasteiger partial charge in [-0.1, -0.05) is 83.2 Å². The third kappa shape index (κ3) is 249. The Bertz CT molecular complexity index is 423. The zero-order valence-electron chi connectivity index (χ0n) is 19.1. The molecular weight excluding hydrogens is 860 g/mol. The second-order valence-electron chi connectivity index (χ2n) is 3.08. The van der Waals surface area contributed by atoms with Gasteiger partial charge in [-0.05, 0) is 81.9 Å². The molecule has 0 spiro atoms. The minimum atomic E-state index is 0. The SMILES string of the molecule is C.C.C.C.C.CSC.CSC.N/C=C\C=S.N=C/C=C/SS/C=C/C=N.N=CSSC=N.NC=S.[Y].[Y].[Y]. The number of allylic oxidation sites excluding steroid dienone is 3. The molecule has 0 atom stereocenters. The van der Waals surface area contributed by atoms with Gasteiger partial charge >= 0.3 is 0 Å². The average molecular weight is 912 g/mol. The number of nitrogens with one attached hydrogen (secondary N) is 4. The fourth-order valence-electron chi connectivity index (χ4n) is 0.308. The Morgan fingerprint density at radius 1 is 0.553 bits per heavy atom. The molecule has 0 aliphatic carbocycles. The summed E-state index contributed by atoms with van der Waals surface area (Å²) in [5.74, 6) is 0. The summed E-state index contributed by atoms with van der Waals surface area (Å²) in [6, 6.07) is 0. The van der Waals surface area contributed by atoms with Crippen molar-refractivity contribution >= 4 is 126 Å². The summed E-state index contributed by atoms with van der Waals surface area (Å²) >= 11 is 11.9. The van der Waals surface area contributed by atoms with Crippen molar-refractivity contribution in [1.29, 1.82) is 21.6 Å². The minimum absolute atomic E-state index is 0. The van der Waals surface area contributed by atoms with Crippen LogP contribution in [-0.2, 0) is 98.1 Å². The van der Waals surface area contributed by atoms with E-state index in [1.807, 2.05) is 35.8 Å². The molecule has 0 rings (SSSR count). The van der Waals surface area contributed by atoms with Crippen molar-refractivity contribution in [2.75, 3.05) is 25.0 Å². The molecule has 0 aromatic heterocycles. The topological polar surface area (TPSA) is 147 Å². The number of rotatable bonds is 9. The molecule has 0 unspecified atom stereocenters. The number of thiocarbonyl (C=S) groups is 2. The molecule has 223 valence electrons.